The summed E-state index contributed by atoms with van der Waals surface area (Å²) in [6, 6.07) is 8.31. The number of rotatable bonds is 4. The van der Waals surface area contributed by atoms with Crippen molar-refractivity contribution < 1.29 is 14.3 Å². The first kappa shape index (κ1) is 19.5. The molecule has 3 nitrogen and oxygen atoms in total. The van der Waals surface area contributed by atoms with E-state index < -0.39 is 0 Å². The van der Waals surface area contributed by atoms with Gasteiger partial charge in [0.05, 0.1) is 19.8 Å². The summed E-state index contributed by atoms with van der Waals surface area (Å²) >= 11 is 0. The predicted octanol–water partition coefficient (Wildman–Crippen LogP) is 5.84. The molecule has 0 N–H and O–H groups in total. The van der Waals surface area contributed by atoms with Crippen molar-refractivity contribution in [3.05, 3.63) is 46.5 Å². The Morgan fingerprint density at radius 3 is 1.89 bits per heavy atom. The molecular formula is C24H30O3. The fourth-order valence-electron chi connectivity index (χ4n) is 4.24. The van der Waals surface area contributed by atoms with E-state index in [1.165, 1.54) is 23.1 Å². The number of carbonyl (C=O) groups excluding carboxylic acids is 1. The maximum Gasteiger partial charge on any atom is 0.153 e. The van der Waals surface area contributed by atoms with Crippen LogP contribution < -0.4 is 9.47 Å². The lowest BCUT2D eigenvalue weighted by Gasteiger charge is -2.42. The van der Waals surface area contributed by atoms with Crippen LogP contribution in [0.2, 0.25) is 0 Å². The van der Waals surface area contributed by atoms with E-state index in [-0.39, 0.29) is 10.8 Å². The Balaban J connectivity index is 2.29. The first-order valence-corrected chi connectivity index (χ1v) is 9.52. The Morgan fingerprint density at radius 2 is 1.37 bits per heavy atom. The van der Waals surface area contributed by atoms with Gasteiger partial charge in [-0.1, -0.05) is 33.8 Å². The molecule has 0 spiro atoms. The predicted molar refractivity (Wildman–Crippen MR) is 110 cm³/mol. The number of fused-ring (bicyclic) bond motifs is 1. The highest BCUT2D eigenvalue weighted by molar-refractivity contribution is 5.86. The zero-order valence-corrected chi connectivity index (χ0v) is 17.5. The maximum atomic E-state index is 11.6. The second-order valence-corrected chi connectivity index (χ2v) is 8.89. The van der Waals surface area contributed by atoms with Gasteiger partial charge in [0, 0.05) is 11.6 Å². The molecule has 0 atom stereocenters. The SMILES string of the molecule is COc1cc(OC)c(-c2cc3c(cc2C)C(C)(C)CCC3(C)C)cc1C=O. The van der Waals surface area contributed by atoms with E-state index in [0.29, 0.717) is 17.1 Å². The summed E-state index contributed by atoms with van der Waals surface area (Å²) in [5.41, 5.74) is 6.90. The van der Waals surface area contributed by atoms with Crippen molar-refractivity contribution in [2.45, 2.75) is 58.3 Å². The average Bonchev–Trinajstić information content (AvgIpc) is 2.64. The van der Waals surface area contributed by atoms with Gasteiger partial charge in [-0.2, -0.15) is 0 Å². The van der Waals surface area contributed by atoms with E-state index >= 15 is 0 Å². The van der Waals surface area contributed by atoms with Crippen LogP contribution in [0.25, 0.3) is 11.1 Å². The first-order valence-electron chi connectivity index (χ1n) is 9.52. The molecule has 27 heavy (non-hydrogen) atoms. The molecule has 0 amide bonds. The zero-order valence-electron chi connectivity index (χ0n) is 17.5. The minimum Gasteiger partial charge on any atom is -0.496 e. The Bertz CT molecular complexity index is 891. The third-order valence-electron chi connectivity index (χ3n) is 6.17. The molecule has 0 fully saturated rings. The lowest BCUT2D eigenvalue weighted by Crippen LogP contribution is -2.34. The second kappa shape index (κ2) is 6.70. The molecule has 0 heterocycles. The van der Waals surface area contributed by atoms with Gasteiger partial charge < -0.3 is 9.47 Å². The number of ether oxygens (including phenoxy) is 2. The number of hydrogen-bond donors (Lipinski definition) is 0. The van der Waals surface area contributed by atoms with E-state index in [2.05, 4.69) is 46.8 Å². The molecule has 3 rings (SSSR count). The van der Waals surface area contributed by atoms with Gasteiger partial charge in [-0.25, -0.2) is 0 Å². The molecule has 1 aliphatic carbocycles. The van der Waals surface area contributed by atoms with Gasteiger partial charge in [-0.05, 0) is 65.0 Å². The average molecular weight is 367 g/mol. The van der Waals surface area contributed by atoms with Crippen LogP contribution >= 0.6 is 0 Å². The number of hydrogen-bond acceptors (Lipinski definition) is 3. The summed E-state index contributed by atoms with van der Waals surface area (Å²) in [6.45, 7) is 11.4. The van der Waals surface area contributed by atoms with Crippen molar-refractivity contribution >= 4 is 6.29 Å². The molecule has 3 heteroatoms. The van der Waals surface area contributed by atoms with Gasteiger partial charge in [-0.15, -0.1) is 0 Å². The zero-order chi connectivity index (χ0) is 20.0. The number of methoxy groups -OCH3 is 2. The lowest BCUT2D eigenvalue weighted by molar-refractivity contribution is 0.112. The molecule has 2 aromatic rings. The normalized spacial score (nSPS) is 17.1. The van der Waals surface area contributed by atoms with Gasteiger partial charge in [0.2, 0.25) is 0 Å². The van der Waals surface area contributed by atoms with Crippen LogP contribution in [0.15, 0.2) is 24.3 Å². The first-order chi connectivity index (χ1) is 12.6. The van der Waals surface area contributed by atoms with Crippen LogP contribution in [-0.2, 0) is 10.8 Å². The van der Waals surface area contributed by atoms with Crippen LogP contribution in [0, 0.1) is 6.92 Å². The van der Waals surface area contributed by atoms with E-state index in [9.17, 15) is 4.79 Å². The fraction of sp³-hybridized carbons (Fsp3) is 0.458. The van der Waals surface area contributed by atoms with E-state index in [1.807, 2.05) is 6.07 Å². The monoisotopic (exact) mass is 366 g/mol. The van der Waals surface area contributed by atoms with Gasteiger partial charge >= 0.3 is 0 Å². The van der Waals surface area contributed by atoms with Crippen LogP contribution in [0.3, 0.4) is 0 Å². The van der Waals surface area contributed by atoms with Crippen molar-refractivity contribution in [2.24, 2.45) is 0 Å². The minimum atomic E-state index is 0.125. The molecule has 0 aromatic heterocycles. The molecule has 0 saturated carbocycles. The highest BCUT2D eigenvalue weighted by Gasteiger charge is 2.37. The Hall–Kier alpha value is -2.29. The van der Waals surface area contributed by atoms with Crippen molar-refractivity contribution in [1.82, 2.24) is 0 Å². The van der Waals surface area contributed by atoms with Crippen LogP contribution in [0.5, 0.6) is 11.5 Å². The number of benzene rings is 2. The van der Waals surface area contributed by atoms with Crippen LogP contribution in [0.1, 0.15) is 67.6 Å². The van der Waals surface area contributed by atoms with Crippen molar-refractivity contribution in [3.63, 3.8) is 0 Å². The molecule has 0 unspecified atom stereocenters. The third kappa shape index (κ3) is 3.24. The molecule has 0 radical (unpaired) electrons. The fourth-order valence-corrected chi connectivity index (χ4v) is 4.24. The molecule has 144 valence electrons. The number of carbonyl (C=O) groups is 1. The summed E-state index contributed by atoms with van der Waals surface area (Å²) in [5, 5.41) is 0. The van der Waals surface area contributed by atoms with E-state index in [0.717, 1.165) is 23.8 Å². The molecule has 2 aromatic carbocycles. The molecule has 0 aliphatic heterocycles. The lowest BCUT2D eigenvalue weighted by atomic mass is 9.62. The van der Waals surface area contributed by atoms with Gasteiger partial charge in [-0.3, -0.25) is 4.79 Å². The third-order valence-corrected chi connectivity index (χ3v) is 6.17. The Morgan fingerprint density at radius 1 is 0.815 bits per heavy atom. The summed E-state index contributed by atoms with van der Waals surface area (Å²) in [6.07, 6.45) is 3.18. The summed E-state index contributed by atoms with van der Waals surface area (Å²) in [5.74, 6) is 1.25. The Labute approximate surface area is 162 Å². The van der Waals surface area contributed by atoms with E-state index in [4.69, 9.17) is 9.47 Å². The molecule has 0 saturated heterocycles. The van der Waals surface area contributed by atoms with Gasteiger partial charge in [0.25, 0.3) is 0 Å². The summed E-state index contributed by atoms with van der Waals surface area (Å²) < 4.78 is 11.0. The summed E-state index contributed by atoms with van der Waals surface area (Å²) in [7, 11) is 3.22. The summed E-state index contributed by atoms with van der Waals surface area (Å²) in [4.78, 5) is 11.6. The van der Waals surface area contributed by atoms with Crippen molar-refractivity contribution in [2.75, 3.05) is 14.2 Å². The highest BCUT2D eigenvalue weighted by Crippen LogP contribution is 2.48. The topological polar surface area (TPSA) is 35.5 Å². The smallest absolute Gasteiger partial charge is 0.153 e. The number of aldehydes is 1. The number of aryl methyl sites for hydroxylation is 1. The minimum absolute atomic E-state index is 0.125. The Kier molecular flexibility index (Phi) is 4.83. The van der Waals surface area contributed by atoms with Crippen LogP contribution in [-0.4, -0.2) is 20.5 Å². The molecule has 0 bridgehead atoms. The van der Waals surface area contributed by atoms with Gasteiger partial charge in [0.15, 0.2) is 6.29 Å². The van der Waals surface area contributed by atoms with Crippen molar-refractivity contribution in [3.8, 4) is 22.6 Å². The second-order valence-electron chi connectivity index (χ2n) is 8.89. The highest BCUT2D eigenvalue weighted by atomic mass is 16.5. The molecular weight excluding hydrogens is 336 g/mol. The van der Waals surface area contributed by atoms with Crippen molar-refractivity contribution in [1.29, 1.82) is 0 Å². The largest absolute Gasteiger partial charge is 0.496 e. The quantitative estimate of drug-likeness (QED) is 0.638. The maximum absolute atomic E-state index is 11.6. The standard InChI is InChI=1S/C24H30O3/c1-15-10-19-20(24(4,5)9-8-23(19,2)3)12-17(15)18-11-16(14-25)21(26-6)13-22(18)27-7/h10-14H,8-9H2,1-7H3. The van der Waals surface area contributed by atoms with Crippen LogP contribution in [0.4, 0.5) is 0 Å². The molecule has 1 aliphatic rings. The van der Waals surface area contributed by atoms with E-state index in [1.54, 1.807) is 20.3 Å². The van der Waals surface area contributed by atoms with Gasteiger partial charge in [0.1, 0.15) is 11.5 Å².